The first-order chi connectivity index (χ1) is 8.54. The standard InChI is InChI=1S/C9H10F3NO4S2/c1-18(14,15)6-2-3-7(10)8(4-6)19(16,17)13-5-9(11)12/h2-4,9,13H,5H2,1H3. The van der Waals surface area contributed by atoms with E-state index in [0.717, 1.165) is 12.3 Å². The van der Waals surface area contributed by atoms with E-state index < -0.39 is 48.4 Å². The predicted octanol–water partition coefficient (Wildman–Crippen LogP) is 0.773. The third-order valence-electron chi connectivity index (χ3n) is 2.05. The molecule has 1 aromatic rings. The Morgan fingerprint density at radius 3 is 2.26 bits per heavy atom. The normalized spacial score (nSPS) is 12.9. The van der Waals surface area contributed by atoms with E-state index in [1.165, 1.54) is 4.72 Å². The van der Waals surface area contributed by atoms with Crippen molar-refractivity contribution in [2.45, 2.75) is 16.2 Å². The van der Waals surface area contributed by atoms with Gasteiger partial charge in [0.25, 0.3) is 6.43 Å². The predicted molar refractivity (Wildman–Crippen MR) is 60.7 cm³/mol. The number of benzene rings is 1. The van der Waals surface area contributed by atoms with Gasteiger partial charge in [0.1, 0.15) is 10.7 Å². The first kappa shape index (κ1) is 15.9. The quantitative estimate of drug-likeness (QED) is 0.814. The molecule has 0 spiro atoms. The lowest BCUT2D eigenvalue weighted by Crippen LogP contribution is -2.29. The van der Waals surface area contributed by atoms with Crippen LogP contribution in [0.3, 0.4) is 0 Å². The van der Waals surface area contributed by atoms with Gasteiger partial charge in [-0.1, -0.05) is 0 Å². The van der Waals surface area contributed by atoms with Gasteiger partial charge in [0, 0.05) is 6.26 Å². The highest BCUT2D eigenvalue weighted by Crippen LogP contribution is 2.19. The van der Waals surface area contributed by atoms with E-state index in [2.05, 4.69) is 0 Å². The average molecular weight is 317 g/mol. The molecule has 0 aromatic heterocycles. The van der Waals surface area contributed by atoms with Crippen molar-refractivity contribution in [1.82, 2.24) is 4.72 Å². The number of hydrogen-bond acceptors (Lipinski definition) is 4. The molecule has 0 heterocycles. The Morgan fingerprint density at radius 2 is 1.79 bits per heavy atom. The summed E-state index contributed by atoms with van der Waals surface area (Å²) in [4.78, 5) is -1.41. The Hall–Kier alpha value is -1.13. The summed E-state index contributed by atoms with van der Waals surface area (Å²) in [5.74, 6) is -1.23. The second kappa shape index (κ2) is 5.47. The van der Waals surface area contributed by atoms with Gasteiger partial charge in [0.2, 0.25) is 10.0 Å². The highest BCUT2D eigenvalue weighted by atomic mass is 32.2. The van der Waals surface area contributed by atoms with Crippen LogP contribution in [0.2, 0.25) is 0 Å². The van der Waals surface area contributed by atoms with Crippen LogP contribution in [0.25, 0.3) is 0 Å². The van der Waals surface area contributed by atoms with Gasteiger partial charge in [-0.25, -0.2) is 34.7 Å². The summed E-state index contributed by atoms with van der Waals surface area (Å²) >= 11 is 0. The van der Waals surface area contributed by atoms with Crippen molar-refractivity contribution >= 4 is 19.9 Å². The molecule has 19 heavy (non-hydrogen) atoms. The highest BCUT2D eigenvalue weighted by molar-refractivity contribution is 7.91. The van der Waals surface area contributed by atoms with E-state index in [1.54, 1.807) is 0 Å². The lowest BCUT2D eigenvalue weighted by molar-refractivity contribution is 0.153. The van der Waals surface area contributed by atoms with Gasteiger partial charge in [0.15, 0.2) is 9.84 Å². The molecule has 0 saturated carbocycles. The third kappa shape index (κ3) is 4.18. The van der Waals surface area contributed by atoms with Crippen molar-refractivity contribution < 1.29 is 30.0 Å². The molecule has 1 N–H and O–H groups in total. The van der Waals surface area contributed by atoms with Gasteiger partial charge >= 0.3 is 0 Å². The zero-order valence-electron chi connectivity index (χ0n) is 9.60. The van der Waals surface area contributed by atoms with Crippen LogP contribution in [0.15, 0.2) is 28.0 Å². The van der Waals surface area contributed by atoms with E-state index in [0.29, 0.717) is 12.1 Å². The average Bonchev–Trinajstić information content (AvgIpc) is 2.25. The van der Waals surface area contributed by atoms with Crippen LogP contribution >= 0.6 is 0 Å². The smallest absolute Gasteiger partial charge is 0.224 e. The van der Waals surface area contributed by atoms with Gasteiger partial charge in [-0.2, -0.15) is 0 Å². The molecular formula is C9H10F3NO4S2. The molecule has 0 aliphatic rings. The maximum absolute atomic E-state index is 13.4. The van der Waals surface area contributed by atoms with Gasteiger partial charge in [-0.3, -0.25) is 0 Å². The van der Waals surface area contributed by atoms with Crippen molar-refractivity contribution in [1.29, 1.82) is 0 Å². The molecule has 0 aliphatic heterocycles. The summed E-state index contributed by atoms with van der Waals surface area (Å²) in [6, 6.07) is 2.11. The molecule has 0 atom stereocenters. The maximum atomic E-state index is 13.4. The third-order valence-corrected chi connectivity index (χ3v) is 4.60. The Kier molecular flexibility index (Phi) is 4.59. The van der Waals surface area contributed by atoms with Crippen LogP contribution < -0.4 is 4.72 Å². The van der Waals surface area contributed by atoms with E-state index in [4.69, 9.17) is 0 Å². The molecule has 0 amide bonds. The zero-order valence-corrected chi connectivity index (χ0v) is 11.2. The van der Waals surface area contributed by atoms with Gasteiger partial charge in [-0.15, -0.1) is 0 Å². The fourth-order valence-corrected chi connectivity index (χ4v) is 3.00. The van der Waals surface area contributed by atoms with Gasteiger partial charge in [0.05, 0.1) is 11.4 Å². The number of hydrogen-bond donors (Lipinski definition) is 1. The summed E-state index contributed by atoms with van der Waals surface area (Å²) in [7, 11) is -8.28. The van der Waals surface area contributed by atoms with Gasteiger partial charge < -0.3 is 0 Å². The summed E-state index contributed by atoms with van der Waals surface area (Å²) in [6.45, 7) is -1.19. The van der Waals surface area contributed by atoms with Crippen molar-refractivity contribution in [2.75, 3.05) is 12.8 Å². The molecule has 10 heteroatoms. The van der Waals surface area contributed by atoms with Crippen molar-refractivity contribution in [2.24, 2.45) is 0 Å². The molecule has 1 aromatic carbocycles. The van der Waals surface area contributed by atoms with Crippen LogP contribution in [0, 0.1) is 5.82 Å². The Morgan fingerprint density at radius 1 is 1.21 bits per heavy atom. The second-order valence-electron chi connectivity index (χ2n) is 3.61. The number of alkyl halides is 2. The molecule has 0 saturated heterocycles. The number of sulfonamides is 1. The summed E-state index contributed by atoms with van der Waals surface area (Å²) in [5.41, 5.74) is 0. The van der Waals surface area contributed by atoms with Crippen LogP contribution in [0.5, 0.6) is 0 Å². The first-order valence-corrected chi connectivity index (χ1v) is 8.19. The summed E-state index contributed by atoms with van der Waals surface area (Å²) in [5, 5.41) is 0. The minimum atomic E-state index is -4.54. The number of halogens is 3. The second-order valence-corrected chi connectivity index (χ2v) is 7.36. The van der Waals surface area contributed by atoms with Crippen molar-refractivity contribution in [3.8, 4) is 0 Å². The first-order valence-electron chi connectivity index (χ1n) is 4.81. The SMILES string of the molecule is CS(=O)(=O)c1ccc(F)c(S(=O)(=O)NCC(F)F)c1. The molecule has 0 fully saturated rings. The molecule has 0 bridgehead atoms. The topological polar surface area (TPSA) is 80.3 Å². The summed E-state index contributed by atoms with van der Waals surface area (Å²) in [6.07, 6.45) is -2.14. The van der Waals surface area contributed by atoms with Crippen molar-refractivity contribution in [3.63, 3.8) is 0 Å². The summed E-state index contributed by atoms with van der Waals surface area (Å²) < 4.78 is 84.3. The molecule has 0 aliphatic carbocycles. The number of rotatable bonds is 5. The molecule has 0 unspecified atom stereocenters. The van der Waals surface area contributed by atoms with Crippen LogP contribution in [-0.2, 0) is 19.9 Å². The van der Waals surface area contributed by atoms with Crippen LogP contribution in [-0.4, -0.2) is 36.1 Å². The highest BCUT2D eigenvalue weighted by Gasteiger charge is 2.22. The minimum absolute atomic E-state index is 0.425. The minimum Gasteiger partial charge on any atom is -0.224 e. The Labute approximate surface area is 108 Å². The molecule has 5 nitrogen and oxygen atoms in total. The fraction of sp³-hybridized carbons (Fsp3) is 0.333. The van der Waals surface area contributed by atoms with Crippen LogP contribution in [0.4, 0.5) is 13.2 Å². The monoisotopic (exact) mass is 317 g/mol. The Balaban J connectivity index is 3.27. The lowest BCUT2D eigenvalue weighted by atomic mass is 10.3. The molecule has 108 valence electrons. The van der Waals surface area contributed by atoms with E-state index >= 15 is 0 Å². The van der Waals surface area contributed by atoms with Crippen LogP contribution in [0.1, 0.15) is 0 Å². The number of sulfone groups is 1. The maximum Gasteiger partial charge on any atom is 0.251 e. The lowest BCUT2D eigenvalue weighted by Gasteiger charge is -2.08. The Bertz CT molecular complexity index is 671. The molecule has 0 radical (unpaired) electrons. The molecular weight excluding hydrogens is 307 g/mol. The van der Waals surface area contributed by atoms with E-state index in [1.807, 2.05) is 0 Å². The van der Waals surface area contributed by atoms with Gasteiger partial charge in [-0.05, 0) is 18.2 Å². The number of nitrogens with one attached hydrogen (secondary N) is 1. The zero-order chi connectivity index (χ0) is 14.8. The van der Waals surface area contributed by atoms with E-state index in [-0.39, 0.29) is 0 Å². The molecule has 1 rings (SSSR count). The largest absolute Gasteiger partial charge is 0.251 e. The fourth-order valence-electron chi connectivity index (χ4n) is 1.17. The van der Waals surface area contributed by atoms with E-state index in [9.17, 15) is 30.0 Å². The van der Waals surface area contributed by atoms with Crippen molar-refractivity contribution in [3.05, 3.63) is 24.0 Å².